The number of aryl methyl sites for hydroxylation is 1. The van der Waals surface area contributed by atoms with E-state index in [0.29, 0.717) is 5.13 Å². The van der Waals surface area contributed by atoms with Gasteiger partial charge in [-0.25, -0.2) is 4.98 Å². The van der Waals surface area contributed by atoms with Gasteiger partial charge in [-0.2, -0.15) is 0 Å². The molecule has 3 aromatic rings. The lowest BCUT2D eigenvalue weighted by atomic mass is 10.2. The standard InChI is InChI=1S/C17H15N3O4S/c1-2-11-7-8-12-15(9-11)25-17(18-12)19-16(21)10-24-14-6-4-3-5-13(14)20(22)23/h3-9H,2,10H2,1H3,(H,18,19,21). The van der Waals surface area contributed by atoms with E-state index in [4.69, 9.17) is 4.74 Å². The summed E-state index contributed by atoms with van der Waals surface area (Å²) in [5.74, 6) is -0.368. The lowest BCUT2D eigenvalue weighted by Crippen LogP contribution is -2.20. The Morgan fingerprint density at radius 2 is 2.12 bits per heavy atom. The van der Waals surface area contributed by atoms with Crippen molar-refractivity contribution >= 4 is 38.3 Å². The molecule has 1 amide bonds. The Kier molecular flexibility index (Phi) is 4.90. The average Bonchev–Trinajstić information content (AvgIpc) is 3.01. The summed E-state index contributed by atoms with van der Waals surface area (Å²) in [6.07, 6.45) is 0.930. The Morgan fingerprint density at radius 3 is 2.88 bits per heavy atom. The maximum atomic E-state index is 12.0. The van der Waals surface area contributed by atoms with Crippen LogP contribution in [-0.4, -0.2) is 22.4 Å². The van der Waals surface area contributed by atoms with Crippen molar-refractivity contribution in [1.29, 1.82) is 0 Å². The van der Waals surface area contributed by atoms with E-state index in [1.54, 1.807) is 6.07 Å². The van der Waals surface area contributed by atoms with Crippen LogP contribution >= 0.6 is 11.3 Å². The summed E-state index contributed by atoms with van der Waals surface area (Å²) >= 11 is 1.38. The molecule has 0 aliphatic rings. The summed E-state index contributed by atoms with van der Waals surface area (Å²) in [6.45, 7) is 1.74. The predicted molar refractivity (Wildman–Crippen MR) is 96.2 cm³/mol. The van der Waals surface area contributed by atoms with Crippen molar-refractivity contribution in [3.63, 3.8) is 0 Å². The molecule has 8 heteroatoms. The summed E-state index contributed by atoms with van der Waals surface area (Å²) in [4.78, 5) is 26.8. The summed E-state index contributed by atoms with van der Waals surface area (Å²) in [5.41, 5.74) is 1.84. The third-order valence-electron chi connectivity index (χ3n) is 3.53. The van der Waals surface area contributed by atoms with Crippen LogP contribution in [0.4, 0.5) is 10.8 Å². The predicted octanol–water partition coefficient (Wildman–Crippen LogP) is 3.78. The number of hydrogen-bond donors (Lipinski definition) is 1. The molecule has 0 bridgehead atoms. The van der Waals surface area contributed by atoms with Gasteiger partial charge >= 0.3 is 5.69 Å². The van der Waals surface area contributed by atoms with Gasteiger partial charge in [0.1, 0.15) is 0 Å². The zero-order chi connectivity index (χ0) is 17.8. The first-order chi connectivity index (χ1) is 12.1. The molecule has 0 radical (unpaired) electrons. The summed E-state index contributed by atoms with van der Waals surface area (Å²) in [5, 5.41) is 14.1. The lowest BCUT2D eigenvalue weighted by molar-refractivity contribution is -0.385. The Balaban J connectivity index is 1.66. The second-order valence-electron chi connectivity index (χ2n) is 5.24. The molecule has 0 fully saturated rings. The number of hydrogen-bond acceptors (Lipinski definition) is 6. The molecule has 0 spiro atoms. The number of amides is 1. The SMILES string of the molecule is CCc1ccc2nc(NC(=O)COc3ccccc3[N+](=O)[O-])sc2c1. The first kappa shape index (κ1) is 16.8. The minimum atomic E-state index is -0.550. The number of carbonyl (C=O) groups is 1. The monoisotopic (exact) mass is 357 g/mol. The minimum Gasteiger partial charge on any atom is -0.477 e. The summed E-state index contributed by atoms with van der Waals surface area (Å²) in [6, 6.07) is 11.9. The van der Waals surface area contributed by atoms with Gasteiger partial charge < -0.3 is 4.74 Å². The van der Waals surface area contributed by atoms with Crippen molar-refractivity contribution < 1.29 is 14.5 Å². The quantitative estimate of drug-likeness (QED) is 0.535. The van der Waals surface area contributed by atoms with Gasteiger partial charge in [0.25, 0.3) is 5.91 Å². The van der Waals surface area contributed by atoms with E-state index in [-0.39, 0.29) is 18.0 Å². The maximum Gasteiger partial charge on any atom is 0.310 e. The molecule has 0 saturated heterocycles. The number of nitro groups is 1. The molecule has 7 nitrogen and oxygen atoms in total. The Morgan fingerprint density at radius 1 is 1.32 bits per heavy atom. The van der Waals surface area contributed by atoms with Crippen LogP contribution in [0, 0.1) is 10.1 Å². The topological polar surface area (TPSA) is 94.4 Å². The first-order valence-electron chi connectivity index (χ1n) is 7.62. The van der Waals surface area contributed by atoms with Crippen LogP contribution in [0.25, 0.3) is 10.2 Å². The molecular weight excluding hydrogens is 342 g/mol. The third-order valence-corrected chi connectivity index (χ3v) is 4.46. The van der Waals surface area contributed by atoms with Crippen LogP contribution in [0.1, 0.15) is 12.5 Å². The smallest absolute Gasteiger partial charge is 0.310 e. The molecule has 2 aromatic carbocycles. The number of carbonyl (C=O) groups excluding carboxylic acids is 1. The van der Waals surface area contributed by atoms with Crippen molar-refractivity contribution in [3.05, 3.63) is 58.1 Å². The van der Waals surface area contributed by atoms with Crippen molar-refractivity contribution in [2.75, 3.05) is 11.9 Å². The van der Waals surface area contributed by atoms with Crippen molar-refractivity contribution in [2.45, 2.75) is 13.3 Å². The van der Waals surface area contributed by atoms with E-state index >= 15 is 0 Å². The average molecular weight is 357 g/mol. The van der Waals surface area contributed by atoms with Gasteiger partial charge in [0.2, 0.25) is 0 Å². The fourth-order valence-corrected chi connectivity index (χ4v) is 3.22. The van der Waals surface area contributed by atoms with Gasteiger partial charge in [-0.1, -0.05) is 36.5 Å². The number of nitro benzene ring substituents is 1. The van der Waals surface area contributed by atoms with E-state index in [1.165, 1.54) is 35.1 Å². The third kappa shape index (κ3) is 3.92. The van der Waals surface area contributed by atoms with Crippen molar-refractivity contribution in [2.24, 2.45) is 0 Å². The number of nitrogens with zero attached hydrogens (tertiary/aromatic N) is 2. The van der Waals surface area contributed by atoms with E-state index in [0.717, 1.165) is 16.6 Å². The molecule has 3 rings (SSSR count). The van der Waals surface area contributed by atoms with Crippen molar-refractivity contribution in [3.8, 4) is 5.75 Å². The van der Waals surface area contributed by atoms with E-state index in [1.807, 2.05) is 18.2 Å². The van der Waals surface area contributed by atoms with Gasteiger partial charge in [-0.05, 0) is 30.2 Å². The van der Waals surface area contributed by atoms with Crippen molar-refractivity contribution in [1.82, 2.24) is 4.98 Å². The molecule has 0 unspecified atom stereocenters. The normalized spacial score (nSPS) is 10.6. The van der Waals surface area contributed by atoms with Crippen LogP contribution in [0.3, 0.4) is 0 Å². The second-order valence-corrected chi connectivity index (χ2v) is 6.27. The van der Waals surface area contributed by atoms with Crippen LogP contribution in [0.5, 0.6) is 5.75 Å². The number of fused-ring (bicyclic) bond motifs is 1. The molecule has 25 heavy (non-hydrogen) atoms. The molecule has 0 aliphatic heterocycles. The summed E-state index contributed by atoms with van der Waals surface area (Å²) < 4.78 is 6.26. The van der Waals surface area contributed by atoms with Gasteiger partial charge in [0, 0.05) is 6.07 Å². The van der Waals surface area contributed by atoms with Gasteiger partial charge in [0.05, 0.1) is 15.1 Å². The molecule has 0 atom stereocenters. The second kappa shape index (κ2) is 7.27. The van der Waals surface area contributed by atoms with Crippen LogP contribution in [0.2, 0.25) is 0 Å². The van der Waals surface area contributed by atoms with Crippen LogP contribution in [-0.2, 0) is 11.2 Å². The highest BCUT2D eigenvalue weighted by Gasteiger charge is 2.15. The largest absolute Gasteiger partial charge is 0.477 e. The highest BCUT2D eigenvalue weighted by Crippen LogP contribution is 2.28. The Labute approximate surface area is 147 Å². The fourth-order valence-electron chi connectivity index (χ4n) is 2.27. The minimum absolute atomic E-state index is 0.0551. The molecule has 1 aromatic heterocycles. The molecule has 0 saturated carbocycles. The lowest BCUT2D eigenvalue weighted by Gasteiger charge is -2.05. The number of nitrogens with one attached hydrogen (secondary N) is 1. The zero-order valence-electron chi connectivity index (χ0n) is 13.4. The van der Waals surface area contributed by atoms with Gasteiger partial charge in [0.15, 0.2) is 17.5 Å². The van der Waals surface area contributed by atoms with Crippen LogP contribution < -0.4 is 10.1 Å². The van der Waals surface area contributed by atoms with Gasteiger partial charge in [-0.15, -0.1) is 0 Å². The zero-order valence-corrected chi connectivity index (χ0v) is 14.2. The molecule has 128 valence electrons. The number of benzene rings is 2. The van der Waals surface area contributed by atoms with Gasteiger partial charge in [-0.3, -0.25) is 20.2 Å². The highest BCUT2D eigenvalue weighted by molar-refractivity contribution is 7.22. The van der Waals surface area contributed by atoms with E-state index in [2.05, 4.69) is 17.2 Å². The Bertz CT molecular complexity index is 939. The Hall–Kier alpha value is -3.00. The van der Waals surface area contributed by atoms with E-state index < -0.39 is 10.8 Å². The van der Waals surface area contributed by atoms with E-state index in [9.17, 15) is 14.9 Å². The number of anilines is 1. The number of para-hydroxylation sites is 2. The van der Waals surface area contributed by atoms with Crippen LogP contribution in [0.15, 0.2) is 42.5 Å². The first-order valence-corrected chi connectivity index (χ1v) is 8.44. The number of rotatable bonds is 6. The fraction of sp³-hybridized carbons (Fsp3) is 0.176. The molecule has 0 aliphatic carbocycles. The number of thiazole rings is 1. The number of aromatic nitrogens is 1. The maximum absolute atomic E-state index is 12.0. The molecule has 1 heterocycles. The highest BCUT2D eigenvalue weighted by atomic mass is 32.1. The molecule has 1 N–H and O–H groups in total. The number of ether oxygens (including phenoxy) is 1. The summed E-state index contributed by atoms with van der Waals surface area (Å²) in [7, 11) is 0. The molecular formula is C17H15N3O4S.